The van der Waals surface area contributed by atoms with E-state index in [1.54, 1.807) is 0 Å². The van der Waals surface area contributed by atoms with Crippen molar-refractivity contribution in [1.29, 1.82) is 0 Å². The SMILES string of the molecule is CCCCCCCCOC(=O)CCCCCNC(=O)OCCCCCCCC. The number of esters is 1. The summed E-state index contributed by atoms with van der Waals surface area (Å²) >= 11 is 0. The highest BCUT2D eigenvalue weighted by Crippen LogP contribution is 2.07. The molecule has 0 radical (unpaired) electrons. The molecule has 0 bridgehead atoms. The summed E-state index contributed by atoms with van der Waals surface area (Å²) in [6, 6.07) is 0. The standard InChI is InChI=1S/C23H45NO4/c1-3-5-7-9-11-16-20-27-22(25)18-14-13-15-19-24-23(26)28-21-17-12-10-8-6-4-2/h3-21H2,1-2H3,(H,24,26). The summed E-state index contributed by atoms with van der Waals surface area (Å²) in [4.78, 5) is 23.2. The van der Waals surface area contributed by atoms with Crippen LogP contribution in [0.25, 0.3) is 0 Å². The fraction of sp³-hybridized carbons (Fsp3) is 0.913. The smallest absolute Gasteiger partial charge is 0.407 e. The molecule has 166 valence electrons. The number of alkyl carbamates (subject to hydrolysis) is 1. The highest BCUT2D eigenvalue weighted by atomic mass is 16.5. The molecule has 0 fully saturated rings. The molecule has 28 heavy (non-hydrogen) atoms. The van der Waals surface area contributed by atoms with Crippen molar-refractivity contribution in [2.45, 2.75) is 117 Å². The molecule has 0 aromatic heterocycles. The Morgan fingerprint density at radius 2 is 1.11 bits per heavy atom. The van der Waals surface area contributed by atoms with Gasteiger partial charge in [0.2, 0.25) is 0 Å². The van der Waals surface area contributed by atoms with E-state index >= 15 is 0 Å². The van der Waals surface area contributed by atoms with Crippen LogP contribution in [0.2, 0.25) is 0 Å². The molecule has 0 spiro atoms. The van der Waals surface area contributed by atoms with Crippen molar-refractivity contribution >= 4 is 12.1 Å². The van der Waals surface area contributed by atoms with Gasteiger partial charge in [-0.3, -0.25) is 4.79 Å². The van der Waals surface area contributed by atoms with Gasteiger partial charge in [0.05, 0.1) is 13.2 Å². The first-order chi connectivity index (χ1) is 13.7. The summed E-state index contributed by atoms with van der Waals surface area (Å²) in [7, 11) is 0. The number of rotatable bonds is 20. The highest BCUT2D eigenvalue weighted by molar-refractivity contribution is 5.69. The van der Waals surface area contributed by atoms with Gasteiger partial charge < -0.3 is 14.8 Å². The molecule has 5 nitrogen and oxygen atoms in total. The molecule has 0 aliphatic heterocycles. The molecule has 0 rings (SSSR count). The van der Waals surface area contributed by atoms with E-state index in [1.807, 2.05) is 0 Å². The first-order valence-electron chi connectivity index (χ1n) is 11.8. The lowest BCUT2D eigenvalue weighted by Crippen LogP contribution is -2.25. The van der Waals surface area contributed by atoms with Crippen molar-refractivity contribution in [2.24, 2.45) is 0 Å². The van der Waals surface area contributed by atoms with Crippen LogP contribution in [0.5, 0.6) is 0 Å². The summed E-state index contributed by atoms with van der Waals surface area (Å²) < 4.78 is 10.4. The number of amides is 1. The Kier molecular flexibility index (Phi) is 21.0. The number of carbonyl (C=O) groups is 2. The van der Waals surface area contributed by atoms with Crippen LogP contribution in [0, 0.1) is 0 Å². The second kappa shape index (κ2) is 22.0. The molecule has 0 unspecified atom stereocenters. The predicted molar refractivity (Wildman–Crippen MR) is 116 cm³/mol. The van der Waals surface area contributed by atoms with E-state index < -0.39 is 0 Å². The van der Waals surface area contributed by atoms with E-state index in [-0.39, 0.29) is 12.1 Å². The Bertz CT molecular complexity index is 327. The van der Waals surface area contributed by atoms with Gasteiger partial charge in [-0.15, -0.1) is 0 Å². The van der Waals surface area contributed by atoms with Gasteiger partial charge in [0.25, 0.3) is 0 Å². The lowest BCUT2D eigenvalue weighted by Gasteiger charge is -2.07. The minimum atomic E-state index is -0.327. The first-order valence-corrected chi connectivity index (χ1v) is 11.8. The van der Waals surface area contributed by atoms with Gasteiger partial charge in [-0.25, -0.2) is 4.79 Å². The lowest BCUT2D eigenvalue weighted by molar-refractivity contribution is -0.143. The number of ether oxygens (including phenoxy) is 2. The zero-order chi connectivity index (χ0) is 20.7. The average molecular weight is 400 g/mol. The minimum absolute atomic E-state index is 0.0973. The van der Waals surface area contributed by atoms with Crippen LogP contribution in [-0.2, 0) is 14.3 Å². The predicted octanol–water partition coefficient (Wildman–Crippen LogP) is 6.54. The molecule has 0 saturated carbocycles. The van der Waals surface area contributed by atoms with Crippen LogP contribution in [-0.4, -0.2) is 31.8 Å². The molecule has 0 aliphatic rings. The van der Waals surface area contributed by atoms with Gasteiger partial charge in [-0.2, -0.15) is 0 Å². The van der Waals surface area contributed by atoms with Crippen molar-refractivity contribution < 1.29 is 19.1 Å². The Morgan fingerprint density at radius 1 is 0.607 bits per heavy atom. The molecule has 0 heterocycles. The summed E-state index contributed by atoms with van der Waals surface area (Å²) in [5.74, 6) is -0.0973. The maximum absolute atomic E-state index is 11.6. The third-order valence-corrected chi connectivity index (χ3v) is 4.82. The van der Waals surface area contributed by atoms with Gasteiger partial charge in [0.1, 0.15) is 0 Å². The van der Waals surface area contributed by atoms with Crippen molar-refractivity contribution in [3.63, 3.8) is 0 Å². The lowest BCUT2D eigenvalue weighted by atomic mass is 10.1. The maximum atomic E-state index is 11.6. The summed E-state index contributed by atoms with van der Waals surface area (Å²) in [5, 5.41) is 2.77. The topological polar surface area (TPSA) is 64.6 Å². The largest absolute Gasteiger partial charge is 0.466 e. The number of unbranched alkanes of at least 4 members (excludes halogenated alkanes) is 12. The Hall–Kier alpha value is -1.26. The van der Waals surface area contributed by atoms with Crippen molar-refractivity contribution in [3.8, 4) is 0 Å². The molecule has 5 heteroatoms. The highest BCUT2D eigenvalue weighted by Gasteiger charge is 2.04. The Balaban J connectivity index is 3.28. The second-order valence-corrected chi connectivity index (χ2v) is 7.63. The Morgan fingerprint density at radius 3 is 1.71 bits per heavy atom. The van der Waals surface area contributed by atoms with E-state index in [0.29, 0.717) is 26.2 Å². The molecule has 1 N–H and O–H groups in total. The average Bonchev–Trinajstić information content (AvgIpc) is 2.69. The molecule has 1 amide bonds. The van der Waals surface area contributed by atoms with Crippen molar-refractivity contribution in [2.75, 3.05) is 19.8 Å². The first kappa shape index (κ1) is 26.7. The van der Waals surface area contributed by atoms with E-state index in [9.17, 15) is 9.59 Å². The van der Waals surface area contributed by atoms with Gasteiger partial charge in [0, 0.05) is 13.0 Å². The third-order valence-electron chi connectivity index (χ3n) is 4.82. The zero-order valence-corrected chi connectivity index (χ0v) is 18.6. The van der Waals surface area contributed by atoms with Crippen LogP contribution >= 0.6 is 0 Å². The summed E-state index contributed by atoms with van der Waals surface area (Å²) in [6.45, 7) is 6.07. The van der Waals surface area contributed by atoms with Gasteiger partial charge >= 0.3 is 12.1 Å². The number of carbonyl (C=O) groups excluding carboxylic acids is 2. The van der Waals surface area contributed by atoms with Crippen LogP contribution in [0.15, 0.2) is 0 Å². The monoisotopic (exact) mass is 399 g/mol. The zero-order valence-electron chi connectivity index (χ0n) is 18.6. The molecule has 0 atom stereocenters. The van der Waals surface area contributed by atoms with Gasteiger partial charge in [-0.1, -0.05) is 84.5 Å². The molecule has 0 saturated heterocycles. The summed E-state index contributed by atoms with van der Waals surface area (Å²) in [6.07, 6.45) is 17.0. The van der Waals surface area contributed by atoms with Gasteiger partial charge in [0.15, 0.2) is 0 Å². The normalized spacial score (nSPS) is 10.6. The van der Waals surface area contributed by atoms with E-state index in [4.69, 9.17) is 9.47 Å². The minimum Gasteiger partial charge on any atom is -0.466 e. The molecule has 0 aliphatic carbocycles. The molecular weight excluding hydrogens is 354 g/mol. The third kappa shape index (κ3) is 21.0. The fourth-order valence-electron chi connectivity index (χ4n) is 3.00. The summed E-state index contributed by atoms with van der Waals surface area (Å²) in [5.41, 5.74) is 0. The van der Waals surface area contributed by atoms with Crippen LogP contribution in [0.3, 0.4) is 0 Å². The molecular formula is C23H45NO4. The molecule has 0 aromatic rings. The maximum Gasteiger partial charge on any atom is 0.407 e. The number of hydrogen-bond donors (Lipinski definition) is 1. The van der Waals surface area contributed by atoms with E-state index in [0.717, 1.165) is 44.9 Å². The number of nitrogens with one attached hydrogen (secondary N) is 1. The van der Waals surface area contributed by atoms with Gasteiger partial charge in [-0.05, 0) is 25.7 Å². The van der Waals surface area contributed by atoms with Crippen LogP contribution in [0.4, 0.5) is 4.79 Å². The second-order valence-electron chi connectivity index (χ2n) is 7.63. The van der Waals surface area contributed by atoms with E-state index in [2.05, 4.69) is 19.2 Å². The van der Waals surface area contributed by atoms with Crippen molar-refractivity contribution in [1.82, 2.24) is 5.32 Å². The molecule has 0 aromatic carbocycles. The fourth-order valence-corrected chi connectivity index (χ4v) is 3.00. The van der Waals surface area contributed by atoms with Crippen LogP contribution < -0.4 is 5.32 Å². The quantitative estimate of drug-likeness (QED) is 0.186. The van der Waals surface area contributed by atoms with Crippen LogP contribution in [0.1, 0.15) is 117 Å². The van der Waals surface area contributed by atoms with E-state index in [1.165, 1.54) is 51.4 Å². The Labute approximate surface area is 173 Å². The van der Waals surface area contributed by atoms with Crippen molar-refractivity contribution in [3.05, 3.63) is 0 Å². The number of hydrogen-bond acceptors (Lipinski definition) is 4.